The van der Waals surface area contributed by atoms with E-state index in [4.69, 9.17) is 0 Å². The van der Waals surface area contributed by atoms with Crippen LogP contribution in [-0.4, -0.2) is 0 Å². The Morgan fingerprint density at radius 2 is 1.23 bits per heavy atom. The Morgan fingerprint density at radius 1 is 0.590 bits per heavy atom. The van der Waals surface area contributed by atoms with Gasteiger partial charge in [0.05, 0.1) is 5.56 Å². The second kappa shape index (κ2) is 9.74. The highest BCUT2D eigenvalue weighted by Gasteiger charge is 2.33. The molecule has 0 bridgehead atoms. The highest BCUT2D eigenvalue weighted by Crippen LogP contribution is 2.39. The Morgan fingerprint density at radius 3 is 1.92 bits per heavy atom. The molecular weight excluding hydrogens is 489 g/mol. The van der Waals surface area contributed by atoms with E-state index in [1.807, 2.05) is 19.1 Å². The van der Waals surface area contributed by atoms with Gasteiger partial charge in [0.25, 0.3) is 0 Å². The summed E-state index contributed by atoms with van der Waals surface area (Å²) in [7, 11) is 0. The fourth-order valence-electron chi connectivity index (χ4n) is 5.31. The maximum atomic E-state index is 13.3. The van der Waals surface area contributed by atoms with Gasteiger partial charge in [-0.3, -0.25) is 0 Å². The smallest absolute Gasteiger partial charge is 0.166 e. The normalized spacial score (nSPS) is 17.3. The van der Waals surface area contributed by atoms with Crippen LogP contribution in [0.1, 0.15) is 30.0 Å². The van der Waals surface area contributed by atoms with Crippen molar-refractivity contribution in [3.63, 3.8) is 0 Å². The summed E-state index contributed by atoms with van der Waals surface area (Å²) >= 11 is 0. The molecule has 0 aliphatic heterocycles. The second-order valence-corrected chi connectivity index (χ2v) is 10.4. The third-order valence-corrected chi connectivity index (χ3v) is 7.72. The second-order valence-electron chi connectivity index (χ2n) is 10.4. The summed E-state index contributed by atoms with van der Waals surface area (Å²) in [4.78, 5) is 0. The molecule has 1 aliphatic carbocycles. The number of alkyl halides is 3. The van der Waals surface area contributed by atoms with Gasteiger partial charge in [-0.15, -0.1) is 0 Å². The number of rotatable bonds is 4. The largest absolute Gasteiger partial charge is 0.416 e. The van der Waals surface area contributed by atoms with Crippen LogP contribution in [0.25, 0.3) is 38.6 Å². The van der Waals surface area contributed by atoms with Crippen LogP contribution in [0.5, 0.6) is 0 Å². The van der Waals surface area contributed by atoms with Gasteiger partial charge < -0.3 is 0 Å². The minimum Gasteiger partial charge on any atom is -0.166 e. The zero-order valence-electron chi connectivity index (χ0n) is 21.5. The van der Waals surface area contributed by atoms with Crippen LogP contribution in [0.15, 0.2) is 133 Å². The van der Waals surface area contributed by atoms with E-state index in [0.717, 1.165) is 28.3 Å². The zero-order chi connectivity index (χ0) is 27.0. The van der Waals surface area contributed by atoms with Gasteiger partial charge in [-0.1, -0.05) is 122 Å². The Labute approximate surface area is 226 Å². The molecule has 1 unspecified atom stereocenters. The van der Waals surface area contributed by atoms with Crippen molar-refractivity contribution in [3.8, 4) is 22.3 Å². The molecule has 0 fully saturated rings. The number of benzene rings is 5. The minimum atomic E-state index is -4.35. The Balaban J connectivity index is 1.22. The third-order valence-electron chi connectivity index (χ3n) is 7.72. The van der Waals surface area contributed by atoms with E-state index in [1.165, 1.54) is 34.0 Å². The fraction of sp³-hybridized carbons (Fsp3) is 0.111. The lowest BCUT2D eigenvalue weighted by molar-refractivity contribution is -0.137. The molecule has 3 heteroatoms. The van der Waals surface area contributed by atoms with Crippen LogP contribution in [-0.2, 0) is 11.6 Å². The van der Waals surface area contributed by atoms with Crippen LogP contribution in [0.2, 0.25) is 0 Å². The van der Waals surface area contributed by atoms with Crippen molar-refractivity contribution in [3.05, 3.63) is 150 Å². The molecule has 1 atom stereocenters. The number of halogens is 3. The topological polar surface area (TPSA) is 0 Å². The molecule has 0 nitrogen and oxygen atoms in total. The van der Waals surface area contributed by atoms with Gasteiger partial charge >= 0.3 is 6.18 Å². The average molecular weight is 517 g/mol. The van der Waals surface area contributed by atoms with Crippen molar-refractivity contribution in [2.75, 3.05) is 0 Å². The van der Waals surface area contributed by atoms with E-state index in [-0.39, 0.29) is 0 Å². The molecule has 6 rings (SSSR count). The van der Waals surface area contributed by atoms with Gasteiger partial charge in [0.1, 0.15) is 0 Å². The minimum absolute atomic E-state index is 0.485. The molecule has 5 aromatic rings. The molecule has 0 aromatic heterocycles. The molecule has 0 spiro atoms. The number of hydrogen-bond donors (Lipinski definition) is 0. The van der Waals surface area contributed by atoms with E-state index in [0.29, 0.717) is 12.0 Å². The van der Waals surface area contributed by atoms with Crippen molar-refractivity contribution in [2.45, 2.75) is 24.9 Å². The molecule has 1 aliphatic rings. The van der Waals surface area contributed by atoms with Gasteiger partial charge in [0.15, 0.2) is 0 Å². The fourth-order valence-corrected chi connectivity index (χ4v) is 5.31. The van der Waals surface area contributed by atoms with Crippen LogP contribution in [0.4, 0.5) is 13.2 Å². The predicted octanol–water partition coefficient (Wildman–Crippen LogP) is 10.5. The molecule has 0 N–H and O–H groups in total. The summed E-state index contributed by atoms with van der Waals surface area (Å²) in [6.45, 7) is 1.99. The van der Waals surface area contributed by atoms with Crippen molar-refractivity contribution >= 4 is 16.3 Å². The van der Waals surface area contributed by atoms with Crippen molar-refractivity contribution < 1.29 is 13.2 Å². The molecular formula is C36H27F3. The van der Waals surface area contributed by atoms with E-state index in [9.17, 15) is 13.2 Å². The SMILES string of the molecule is CC1(c2cccc(C(F)(F)F)c2)C=CC(c2cccc(-c3ccc(-c4ccc5ccccc5c4)cc3)c2)=CC1. The number of fused-ring (bicyclic) bond motifs is 1. The van der Waals surface area contributed by atoms with E-state index in [1.54, 1.807) is 6.07 Å². The summed E-state index contributed by atoms with van der Waals surface area (Å²) in [5.74, 6) is 0. The van der Waals surface area contributed by atoms with Crippen LogP contribution >= 0.6 is 0 Å². The molecule has 0 saturated carbocycles. The number of allylic oxidation sites excluding steroid dienone is 4. The highest BCUT2D eigenvalue weighted by atomic mass is 19.4. The monoisotopic (exact) mass is 516 g/mol. The van der Waals surface area contributed by atoms with Gasteiger partial charge in [0.2, 0.25) is 0 Å². The standard InChI is InChI=1S/C36H27F3/c1-35(33-10-5-11-34(24-33)36(37,38)39)20-18-28(19-21-35)31-9-4-8-30(22-31)26-12-14-27(15-13-26)32-17-16-25-6-2-3-7-29(25)23-32/h2-20,22-24H,21H2,1H3. The first kappa shape index (κ1) is 24.9. The summed E-state index contributed by atoms with van der Waals surface area (Å²) < 4.78 is 39.8. The van der Waals surface area contributed by atoms with Crippen molar-refractivity contribution in [2.24, 2.45) is 0 Å². The van der Waals surface area contributed by atoms with E-state index in [2.05, 4.69) is 97.1 Å². The summed E-state index contributed by atoms with van der Waals surface area (Å²) in [6, 6.07) is 37.6. The molecule has 0 radical (unpaired) electrons. The molecule has 0 amide bonds. The maximum absolute atomic E-state index is 13.3. The molecule has 192 valence electrons. The van der Waals surface area contributed by atoms with Crippen LogP contribution < -0.4 is 0 Å². The van der Waals surface area contributed by atoms with Gasteiger partial charge in [-0.25, -0.2) is 0 Å². The average Bonchev–Trinajstić information content (AvgIpc) is 2.97. The van der Waals surface area contributed by atoms with Crippen molar-refractivity contribution in [1.82, 2.24) is 0 Å². The molecule has 0 saturated heterocycles. The predicted molar refractivity (Wildman–Crippen MR) is 155 cm³/mol. The lowest BCUT2D eigenvalue weighted by Crippen LogP contribution is -2.21. The van der Waals surface area contributed by atoms with Crippen LogP contribution in [0.3, 0.4) is 0 Å². The first-order chi connectivity index (χ1) is 18.8. The van der Waals surface area contributed by atoms with Crippen molar-refractivity contribution in [1.29, 1.82) is 0 Å². The van der Waals surface area contributed by atoms with Crippen LogP contribution in [0, 0.1) is 0 Å². The lowest BCUT2D eigenvalue weighted by atomic mass is 9.75. The first-order valence-corrected chi connectivity index (χ1v) is 13.1. The highest BCUT2D eigenvalue weighted by molar-refractivity contribution is 5.87. The van der Waals surface area contributed by atoms with E-state index >= 15 is 0 Å². The third kappa shape index (κ3) is 5.05. The Hall–Kier alpha value is -4.37. The van der Waals surface area contributed by atoms with Gasteiger partial charge in [-0.2, -0.15) is 13.2 Å². The first-order valence-electron chi connectivity index (χ1n) is 13.1. The van der Waals surface area contributed by atoms with Gasteiger partial charge in [0, 0.05) is 5.41 Å². The molecule has 5 aromatic carbocycles. The number of hydrogen-bond acceptors (Lipinski definition) is 0. The summed E-state index contributed by atoms with van der Waals surface area (Å²) in [6.07, 6.45) is 2.47. The maximum Gasteiger partial charge on any atom is 0.416 e. The van der Waals surface area contributed by atoms with Gasteiger partial charge in [-0.05, 0) is 74.3 Å². The zero-order valence-corrected chi connectivity index (χ0v) is 21.5. The Bertz CT molecular complexity index is 1720. The van der Waals surface area contributed by atoms with E-state index < -0.39 is 17.2 Å². The lowest BCUT2D eigenvalue weighted by Gasteiger charge is -2.29. The Kier molecular flexibility index (Phi) is 6.23. The molecule has 0 heterocycles. The molecule has 39 heavy (non-hydrogen) atoms. The summed E-state index contributed by atoms with van der Waals surface area (Å²) in [5, 5.41) is 2.46. The quantitative estimate of drug-likeness (QED) is 0.223. The summed E-state index contributed by atoms with van der Waals surface area (Å²) in [5.41, 5.74) is 6.37.